The first-order valence-electron chi connectivity index (χ1n) is 9.05. The van der Waals surface area contributed by atoms with E-state index in [0.717, 1.165) is 34.5 Å². The van der Waals surface area contributed by atoms with E-state index in [-0.39, 0.29) is 6.04 Å². The molecule has 0 aliphatic carbocycles. The molecule has 1 saturated heterocycles. The zero-order valence-electron chi connectivity index (χ0n) is 14.7. The molecule has 4 heterocycles. The molecule has 6 nitrogen and oxygen atoms in total. The number of halogens is 1. The van der Waals surface area contributed by atoms with Crippen molar-refractivity contribution in [3.05, 3.63) is 54.7 Å². The molecule has 0 saturated carbocycles. The van der Waals surface area contributed by atoms with Crippen LogP contribution >= 0.6 is 0 Å². The summed E-state index contributed by atoms with van der Waals surface area (Å²) in [5.41, 5.74) is 9.11. The summed E-state index contributed by atoms with van der Waals surface area (Å²) in [6.45, 7) is 1.01. The van der Waals surface area contributed by atoms with Crippen molar-refractivity contribution in [1.29, 1.82) is 0 Å². The van der Waals surface area contributed by atoms with E-state index in [4.69, 9.17) is 10.7 Å². The Kier molecular flexibility index (Phi) is 3.75. The van der Waals surface area contributed by atoms with E-state index in [1.54, 1.807) is 0 Å². The first kappa shape index (κ1) is 16.1. The Morgan fingerprint density at radius 3 is 2.85 bits per heavy atom. The van der Waals surface area contributed by atoms with Crippen molar-refractivity contribution in [3.8, 4) is 11.5 Å². The van der Waals surface area contributed by atoms with Gasteiger partial charge in [-0.1, -0.05) is 24.3 Å². The predicted molar refractivity (Wildman–Crippen MR) is 103 cm³/mol. The zero-order valence-corrected chi connectivity index (χ0v) is 14.7. The number of pyridine rings is 2. The minimum Gasteiger partial charge on any atom is -0.367 e. The van der Waals surface area contributed by atoms with E-state index in [2.05, 4.69) is 10.2 Å². The average Bonchev–Trinajstić information content (AvgIpc) is 3.13. The molecule has 0 bridgehead atoms. The van der Waals surface area contributed by atoms with Crippen LogP contribution in [0.25, 0.3) is 28.1 Å². The maximum absolute atomic E-state index is 14.2. The number of nitrogens with two attached hydrogens (primary N) is 1. The molecule has 4 aromatic rings. The van der Waals surface area contributed by atoms with Crippen molar-refractivity contribution >= 4 is 22.2 Å². The molecule has 1 fully saturated rings. The molecule has 136 valence electrons. The summed E-state index contributed by atoms with van der Waals surface area (Å²) >= 11 is 0. The molecule has 0 spiro atoms. The summed E-state index contributed by atoms with van der Waals surface area (Å²) in [4.78, 5) is 6.91. The zero-order chi connectivity index (χ0) is 18.4. The molecule has 0 radical (unpaired) electrons. The second-order valence-corrected chi connectivity index (χ2v) is 6.91. The predicted octanol–water partition coefficient (Wildman–Crippen LogP) is 2.82. The molecule has 0 unspecified atom stereocenters. The Hall–Kier alpha value is -3.06. The Labute approximate surface area is 155 Å². The van der Waals surface area contributed by atoms with Gasteiger partial charge in [0.1, 0.15) is 11.9 Å². The van der Waals surface area contributed by atoms with E-state index in [1.165, 1.54) is 0 Å². The lowest BCUT2D eigenvalue weighted by Crippen LogP contribution is -2.48. The van der Waals surface area contributed by atoms with E-state index in [9.17, 15) is 4.39 Å². The van der Waals surface area contributed by atoms with Crippen LogP contribution in [0.2, 0.25) is 0 Å². The van der Waals surface area contributed by atoms with Crippen LogP contribution in [0, 0.1) is 0 Å². The molecule has 7 heteroatoms. The number of piperidine rings is 1. The van der Waals surface area contributed by atoms with Crippen molar-refractivity contribution in [2.45, 2.75) is 18.6 Å². The normalized spacial score (nSPS) is 20.4. The highest BCUT2D eigenvalue weighted by atomic mass is 19.1. The van der Waals surface area contributed by atoms with E-state index in [0.29, 0.717) is 18.8 Å². The second-order valence-electron chi connectivity index (χ2n) is 6.91. The van der Waals surface area contributed by atoms with Gasteiger partial charge in [-0.25, -0.2) is 9.37 Å². The third-order valence-electron chi connectivity index (χ3n) is 5.17. The molecule has 3 aromatic heterocycles. The maximum Gasteiger partial charge on any atom is 0.187 e. The first-order chi connectivity index (χ1) is 13.2. The van der Waals surface area contributed by atoms with Gasteiger partial charge >= 0.3 is 0 Å². The van der Waals surface area contributed by atoms with E-state index >= 15 is 0 Å². The van der Waals surface area contributed by atoms with Gasteiger partial charge in [0.05, 0.1) is 17.7 Å². The maximum atomic E-state index is 14.2. The number of hydrogen-bond donors (Lipinski definition) is 1. The van der Waals surface area contributed by atoms with Crippen molar-refractivity contribution in [1.82, 2.24) is 19.6 Å². The van der Waals surface area contributed by atoms with Crippen LogP contribution in [0.4, 0.5) is 10.1 Å². The smallest absolute Gasteiger partial charge is 0.187 e. The standard InChI is InChI=1S/C20H19FN6/c21-14-12-26(11-9-15(14)22)17-5-3-4-13-7-8-16(23-19(13)17)20-25-24-18-6-1-2-10-27(18)20/h1-8,10,14-15H,9,11-12,22H2/t14-,15+/m1/s1. The average molecular weight is 362 g/mol. The largest absolute Gasteiger partial charge is 0.367 e. The van der Waals surface area contributed by atoms with E-state index in [1.807, 2.05) is 64.0 Å². The first-order valence-corrected chi connectivity index (χ1v) is 9.05. The van der Waals surface area contributed by atoms with Gasteiger partial charge in [-0.3, -0.25) is 4.40 Å². The van der Waals surface area contributed by atoms with Gasteiger partial charge in [0, 0.05) is 24.2 Å². The molecular formula is C20H19FN6. The Bertz CT molecular complexity index is 1120. The van der Waals surface area contributed by atoms with Gasteiger partial charge in [-0.2, -0.15) is 0 Å². The number of para-hydroxylation sites is 1. The lowest BCUT2D eigenvalue weighted by Gasteiger charge is -2.34. The second kappa shape index (κ2) is 6.28. The molecular weight excluding hydrogens is 343 g/mol. The van der Waals surface area contributed by atoms with Crippen molar-refractivity contribution < 1.29 is 4.39 Å². The molecule has 2 N–H and O–H groups in total. The summed E-state index contributed by atoms with van der Waals surface area (Å²) in [5.74, 6) is 0.686. The van der Waals surface area contributed by atoms with Crippen LogP contribution in [0.5, 0.6) is 0 Å². The molecule has 1 aliphatic rings. The van der Waals surface area contributed by atoms with Crippen LogP contribution in [0.3, 0.4) is 0 Å². The summed E-state index contributed by atoms with van der Waals surface area (Å²) in [5, 5.41) is 9.51. The quantitative estimate of drug-likeness (QED) is 0.594. The minimum absolute atomic E-state index is 0.292. The van der Waals surface area contributed by atoms with Gasteiger partial charge in [-0.15, -0.1) is 10.2 Å². The van der Waals surface area contributed by atoms with Gasteiger partial charge in [0.2, 0.25) is 0 Å². The van der Waals surface area contributed by atoms with Crippen LogP contribution < -0.4 is 10.6 Å². The third-order valence-corrected chi connectivity index (χ3v) is 5.17. The Morgan fingerprint density at radius 2 is 1.96 bits per heavy atom. The monoisotopic (exact) mass is 362 g/mol. The number of anilines is 1. The number of alkyl halides is 1. The molecule has 1 aromatic carbocycles. The lowest BCUT2D eigenvalue weighted by atomic mass is 10.0. The fourth-order valence-electron chi connectivity index (χ4n) is 3.67. The fraction of sp³-hybridized carbons (Fsp3) is 0.250. The molecule has 0 amide bonds. The van der Waals surface area contributed by atoms with Crippen molar-refractivity contribution in [2.75, 3.05) is 18.0 Å². The van der Waals surface area contributed by atoms with Crippen molar-refractivity contribution in [2.24, 2.45) is 5.73 Å². The topological polar surface area (TPSA) is 72.3 Å². The van der Waals surface area contributed by atoms with Crippen LogP contribution in [0.15, 0.2) is 54.7 Å². The lowest BCUT2D eigenvalue weighted by molar-refractivity contribution is 0.251. The number of benzene rings is 1. The summed E-state index contributed by atoms with van der Waals surface area (Å²) in [6, 6.07) is 15.3. The van der Waals surface area contributed by atoms with Gasteiger partial charge in [-0.05, 0) is 30.7 Å². The van der Waals surface area contributed by atoms with Gasteiger partial charge in [0.15, 0.2) is 11.5 Å². The summed E-state index contributed by atoms with van der Waals surface area (Å²) in [7, 11) is 0. The van der Waals surface area contributed by atoms with Crippen LogP contribution in [0.1, 0.15) is 6.42 Å². The SMILES string of the molecule is N[C@H]1CCN(c2cccc3ccc(-c4nnc5ccccn45)nc23)C[C@H]1F. The number of hydrogen-bond acceptors (Lipinski definition) is 5. The van der Waals surface area contributed by atoms with Crippen LogP contribution in [-0.4, -0.2) is 44.9 Å². The number of fused-ring (bicyclic) bond motifs is 2. The summed E-state index contributed by atoms with van der Waals surface area (Å²) in [6.07, 6.45) is 1.52. The van der Waals surface area contributed by atoms with Crippen LogP contribution in [-0.2, 0) is 0 Å². The summed E-state index contributed by atoms with van der Waals surface area (Å²) < 4.78 is 16.1. The molecule has 1 aliphatic heterocycles. The molecule has 5 rings (SSSR count). The number of nitrogens with zero attached hydrogens (tertiary/aromatic N) is 5. The highest BCUT2D eigenvalue weighted by molar-refractivity contribution is 5.92. The minimum atomic E-state index is -1.03. The fourth-order valence-corrected chi connectivity index (χ4v) is 3.67. The number of aromatic nitrogens is 4. The van der Waals surface area contributed by atoms with Gasteiger partial charge < -0.3 is 10.6 Å². The highest BCUT2D eigenvalue weighted by Gasteiger charge is 2.27. The Morgan fingerprint density at radius 1 is 1.04 bits per heavy atom. The Balaban J connectivity index is 1.63. The molecule has 2 atom stereocenters. The van der Waals surface area contributed by atoms with E-state index < -0.39 is 6.17 Å². The van der Waals surface area contributed by atoms with Crippen molar-refractivity contribution in [3.63, 3.8) is 0 Å². The number of rotatable bonds is 2. The van der Waals surface area contributed by atoms with Gasteiger partial charge in [0.25, 0.3) is 0 Å². The molecule has 27 heavy (non-hydrogen) atoms. The third kappa shape index (κ3) is 2.71. The highest BCUT2D eigenvalue weighted by Crippen LogP contribution is 2.30.